The summed E-state index contributed by atoms with van der Waals surface area (Å²) >= 11 is 3.56. The molecule has 1 aliphatic carbocycles. The van der Waals surface area contributed by atoms with Gasteiger partial charge in [0.15, 0.2) is 11.6 Å². The number of hydrogen-bond donors (Lipinski definition) is 3. The molecular formula is C32H33BrF2N6O4. The van der Waals surface area contributed by atoms with Crippen molar-refractivity contribution in [2.75, 3.05) is 57.0 Å². The molecule has 2 fully saturated rings. The number of piperazine rings is 1. The van der Waals surface area contributed by atoms with Crippen LogP contribution in [0.2, 0.25) is 0 Å². The minimum Gasteiger partial charge on any atom is -0.475 e. The molecule has 2 aromatic heterocycles. The maximum Gasteiger partial charge on any atom is 0.235 e. The van der Waals surface area contributed by atoms with Crippen LogP contribution in [0, 0.1) is 17.0 Å². The molecule has 6 rings (SSSR count). The standard InChI is InChI=1S/C32H33BrF2N6O4/c1-40-12-14-41(15-13-40)16-17-44-29-27(33)28-23(19-37-29)25(8-11-36-28)45-26-7-6-22(18-24(26)35)39-31(43)32(9-10-32)30(42)38-21-4-2-20(34)3-5-21/h2-8,11,18-19,30,38,42H,9-10,12-17H2,1H3,(H,39,43). The Morgan fingerprint density at radius 2 is 1.78 bits per heavy atom. The SMILES string of the molecule is CN1CCN(CCOc2ncc3c(Oc4ccc(NC(=O)C5(C(O)Nc6ccc(F)cc6)CC5)cc4F)ccnc3c2Br)CC1. The highest BCUT2D eigenvalue weighted by Gasteiger charge is 2.56. The third kappa shape index (κ3) is 7.01. The Balaban J connectivity index is 1.09. The second-order valence-electron chi connectivity index (χ2n) is 11.4. The molecular weight excluding hydrogens is 650 g/mol. The highest BCUT2D eigenvalue weighted by molar-refractivity contribution is 9.10. The van der Waals surface area contributed by atoms with Gasteiger partial charge in [0.05, 0.1) is 16.3 Å². The summed E-state index contributed by atoms with van der Waals surface area (Å²) in [5.41, 5.74) is 0.173. The molecule has 1 saturated heterocycles. The first-order valence-electron chi connectivity index (χ1n) is 14.7. The minimum absolute atomic E-state index is 0.0525. The van der Waals surface area contributed by atoms with E-state index in [-0.39, 0.29) is 11.4 Å². The summed E-state index contributed by atoms with van der Waals surface area (Å²) in [5.74, 6) is -0.836. The second kappa shape index (κ2) is 13.2. The zero-order valence-electron chi connectivity index (χ0n) is 24.6. The molecule has 236 valence electrons. The number of likely N-dealkylation sites (N-methyl/N-ethyl adjacent to an activating group) is 1. The van der Waals surface area contributed by atoms with E-state index >= 15 is 4.39 Å². The normalized spacial score (nSPS) is 17.1. The van der Waals surface area contributed by atoms with Crippen LogP contribution in [0.4, 0.5) is 20.2 Å². The minimum atomic E-state index is -1.20. The lowest BCUT2D eigenvalue weighted by Crippen LogP contribution is -2.45. The van der Waals surface area contributed by atoms with Crippen molar-refractivity contribution >= 4 is 44.1 Å². The fourth-order valence-electron chi connectivity index (χ4n) is 5.21. The number of fused-ring (bicyclic) bond motifs is 1. The fraction of sp³-hybridized carbons (Fsp3) is 0.344. The zero-order valence-corrected chi connectivity index (χ0v) is 26.2. The van der Waals surface area contributed by atoms with Crippen molar-refractivity contribution in [2.45, 2.75) is 19.1 Å². The lowest BCUT2D eigenvalue weighted by molar-refractivity contribution is -0.124. The van der Waals surface area contributed by atoms with Crippen molar-refractivity contribution in [3.63, 3.8) is 0 Å². The van der Waals surface area contributed by atoms with E-state index in [0.717, 1.165) is 38.8 Å². The molecule has 3 N–H and O–H groups in total. The van der Waals surface area contributed by atoms with Gasteiger partial charge in [-0.1, -0.05) is 0 Å². The monoisotopic (exact) mass is 682 g/mol. The smallest absolute Gasteiger partial charge is 0.235 e. The van der Waals surface area contributed by atoms with E-state index in [1.165, 1.54) is 36.4 Å². The van der Waals surface area contributed by atoms with Crippen LogP contribution in [0.1, 0.15) is 12.8 Å². The summed E-state index contributed by atoms with van der Waals surface area (Å²) in [6, 6.07) is 11.2. The number of aromatic nitrogens is 2. The maximum absolute atomic E-state index is 15.2. The van der Waals surface area contributed by atoms with Crippen LogP contribution in [0.15, 0.2) is 65.4 Å². The second-order valence-corrected chi connectivity index (χ2v) is 12.1. The van der Waals surface area contributed by atoms with Gasteiger partial charge in [-0.2, -0.15) is 0 Å². The van der Waals surface area contributed by atoms with Crippen molar-refractivity contribution in [3.8, 4) is 17.4 Å². The van der Waals surface area contributed by atoms with E-state index in [9.17, 15) is 14.3 Å². The van der Waals surface area contributed by atoms with E-state index in [0.29, 0.717) is 52.1 Å². The molecule has 3 heterocycles. The molecule has 1 atom stereocenters. The number of hydrogen-bond acceptors (Lipinski definition) is 9. The van der Waals surface area contributed by atoms with Crippen LogP contribution in [0.25, 0.3) is 10.9 Å². The average molecular weight is 684 g/mol. The van der Waals surface area contributed by atoms with Crippen molar-refractivity contribution in [2.24, 2.45) is 5.41 Å². The molecule has 10 nitrogen and oxygen atoms in total. The Morgan fingerprint density at radius 3 is 2.49 bits per heavy atom. The number of carbonyl (C=O) groups excluding carboxylic acids is 1. The summed E-state index contributed by atoms with van der Waals surface area (Å²) in [7, 11) is 2.12. The Bertz CT molecular complexity index is 1680. The van der Waals surface area contributed by atoms with E-state index in [1.807, 2.05) is 0 Å². The number of anilines is 2. The first-order chi connectivity index (χ1) is 21.7. The predicted molar refractivity (Wildman–Crippen MR) is 169 cm³/mol. The highest BCUT2D eigenvalue weighted by Crippen LogP contribution is 2.50. The van der Waals surface area contributed by atoms with Crippen molar-refractivity contribution < 1.29 is 28.2 Å². The molecule has 1 unspecified atom stereocenters. The summed E-state index contributed by atoms with van der Waals surface area (Å²) in [4.78, 5) is 26.6. The number of rotatable bonds is 11. The maximum atomic E-state index is 15.2. The van der Waals surface area contributed by atoms with Crippen LogP contribution in [-0.2, 0) is 4.79 Å². The van der Waals surface area contributed by atoms with E-state index < -0.39 is 29.2 Å². The van der Waals surface area contributed by atoms with Gasteiger partial charge in [0.1, 0.15) is 28.9 Å². The number of aliphatic hydroxyl groups is 1. The van der Waals surface area contributed by atoms with Gasteiger partial charge >= 0.3 is 0 Å². The summed E-state index contributed by atoms with van der Waals surface area (Å²) in [6.45, 7) is 5.34. The largest absolute Gasteiger partial charge is 0.475 e. The van der Waals surface area contributed by atoms with Crippen LogP contribution in [0.5, 0.6) is 17.4 Å². The van der Waals surface area contributed by atoms with Crippen molar-refractivity contribution in [1.82, 2.24) is 19.8 Å². The van der Waals surface area contributed by atoms with E-state index in [2.05, 4.69) is 53.4 Å². The molecule has 45 heavy (non-hydrogen) atoms. The fourth-order valence-corrected chi connectivity index (χ4v) is 5.74. The summed E-state index contributed by atoms with van der Waals surface area (Å²) in [5, 5.41) is 16.8. The summed E-state index contributed by atoms with van der Waals surface area (Å²) < 4.78 is 40.9. The molecule has 0 radical (unpaired) electrons. The molecule has 2 aliphatic rings. The molecule has 4 aromatic rings. The Hall–Kier alpha value is -3.91. The molecule has 1 aliphatic heterocycles. The van der Waals surface area contributed by atoms with Gasteiger partial charge in [-0.3, -0.25) is 14.7 Å². The number of amides is 1. The van der Waals surface area contributed by atoms with Crippen LogP contribution >= 0.6 is 15.9 Å². The first-order valence-corrected chi connectivity index (χ1v) is 15.5. The van der Waals surface area contributed by atoms with Crippen LogP contribution in [0.3, 0.4) is 0 Å². The van der Waals surface area contributed by atoms with Gasteiger partial charge in [0.25, 0.3) is 0 Å². The lowest BCUT2D eigenvalue weighted by atomic mass is 10.0. The van der Waals surface area contributed by atoms with Gasteiger partial charge in [-0.15, -0.1) is 0 Å². The Labute approximate surface area is 267 Å². The third-order valence-corrected chi connectivity index (χ3v) is 8.94. The number of halogens is 3. The number of benzene rings is 2. The van der Waals surface area contributed by atoms with Crippen molar-refractivity contribution in [1.29, 1.82) is 0 Å². The molecule has 0 bridgehead atoms. The number of nitrogens with one attached hydrogen (secondary N) is 2. The van der Waals surface area contributed by atoms with Crippen LogP contribution in [-0.4, -0.2) is 83.4 Å². The number of ether oxygens (including phenoxy) is 2. The molecule has 1 amide bonds. The first kappa shape index (κ1) is 31.1. The Kier molecular flexibility index (Phi) is 9.13. The molecule has 0 spiro atoms. The van der Waals surface area contributed by atoms with Crippen molar-refractivity contribution in [3.05, 3.63) is 77.0 Å². The van der Waals surface area contributed by atoms with Gasteiger partial charge in [-0.25, -0.2) is 13.8 Å². The van der Waals surface area contributed by atoms with Gasteiger partial charge in [0, 0.05) is 62.6 Å². The van der Waals surface area contributed by atoms with Gasteiger partial charge in [0.2, 0.25) is 11.8 Å². The van der Waals surface area contributed by atoms with E-state index in [1.54, 1.807) is 18.5 Å². The molecule has 1 saturated carbocycles. The number of aliphatic hydroxyl groups excluding tert-OH is 1. The number of carbonyl (C=O) groups is 1. The average Bonchev–Trinajstić information content (AvgIpc) is 3.85. The topological polar surface area (TPSA) is 112 Å². The quantitative estimate of drug-likeness (QED) is 0.183. The van der Waals surface area contributed by atoms with Gasteiger partial charge < -0.3 is 30.1 Å². The summed E-state index contributed by atoms with van der Waals surface area (Å²) in [6.07, 6.45) is 2.83. The number of pyridine rings is 2. The highest BCUT2D eigenvalue weighted by atomic mass is 79.9. The molecule has 2 aromatic carbocycles. The molecule has 13 heteroatoms. The van der Waals surface area contributed by atoms with E-state index in [4.69, 9.17) is 9.47 Å². The third-order valence-electron chi connectivity index (χ3n) is 8.22. The predicted octanol–water partition coefficient (Wildman–Crippen LogP) is 5.24. The Morgan fingerprint density at radius 1 is 1.04 bits per heavy atom. The number of nitrogens with zero attached hydrogens (tertiary/aromatic N) is 4. The zero-order chi connectivity index (χ0) is 31.6. The lowest BCUT2D eigenvalue weighted by Gasteiger charge is -2.32. The van der Waals surface area contributed by atoms with Crippen LogP contribution < -0.4 is 20.1 Å². The van der Waals surface area contributed by atoms with Gasteiger partial charge in [-0.05, 0) is 78.3 Å².